The molecule has 1 aromatic carbocycles. The van der Waals surface area contributed by atoms with E-state index in [0.717, 1.165) is 41.8 Å². The van der Waals surface area contributed by atoms with E-state index in [1.165, 1.54) is 17.4 Å². The number of nitrogens with zero attached hydrogens (tertiary/aromatic N) is 2. The van der Waals surface area contributed by atoms with E-state index in [1.54, 1.807) is 13.0 Å². The first-order valence-electron chi connectivity index (χ1n) is 10.6. The minimum Gasteiger partial charge on any atom is -0.369 e. The van der Waals surface area contributed by atoms with E-state index in [9.17, 15) is 22.8 Å². The lowest BCUT2D eigenvalue weighted by Gasteiger charge is -2.38. The molecule has 1 atom stereocenters. The van der Waals surface area contributed by atoms with Crippen molar-refractivity contribution in [3.8, 4) is 0 Å². The molecule has 0 bridgehead atoms. The van der Waals surface area contributed by atoms with Crippen LogP contribution in [-0.4, -0.2) is 48.9 Å². The highest BCUT2D eigenvalue weighted by atomic mass is 32.1. The number of hydrogen-bond acceptors (Lipinski definition) is 5. The van der Waals surface area contributed by atoms with Gasteiger partial charge in [-0.1, -0.05) is 6.07 Å². The quantitative estimate of drug-likeness (QED) is 0.707. The van der Waals surface area contributed by atoms with E-state index >= 15 is 0 Å². The standard InChI is InChI=1S/C22H25F3N4O2S/c1-13(20(31)27-21-18(19(26)30)16-6-3-7-17(16)32-21)28-8-10-29(11-9-28)15-5-2-4-14(12-15)22(23,24)25/h2,4-5,12-13H,3,6-11H2,1H3,(H2,26,30)(H,27,31). The van der Waals surface area contributed by atoms with Crippen LogP contribution in [0, 0.1) is 0 Å². The Morgan fingerprint density at radius 2 is 1.88 bits per heavy atom. The molecular weight excluding hydrogens is 441 g/mol. The smallest absolute Gasteiger partial charge is 0.369 e. The molecular formula is C22H25F3N4O2S. The van der Waals surface area contributed by atoms with Crippen molar-refractivity contribution in [2.45, 2.75) is 38.4 Å². The summed E-state index contributed by atoms with van der Waals surface area (Å²) in [5, 5.41) is 3.40. The number of fused-ring (bicyclic) bond motifs is 1. The molecule has 3 N–H and O–H groups in total. The molecule has 0 spiro atoms. The van der Waals surface area contributed by atoms with Gasteiger partial charge in [0.05, 0.1) is 17.2 Å². The number of alkyl halides is 3. The topological polar surface area (TPSA) is 78.7 Å². The predicted molar refractivity (Wildman–Crippen MR) is 118 cm³/mol. The first-order valence-corrected chi connectivity index (χ1v) is 11.4. The monoisotopic (exact) mass is 466 g/mol. The largest absolute Gasteiger partial charge is 0.416 e. The Bertz CT molecular complexity index is 1030. The second-order valence-electron chi connectivity index (χ2n) is 8.16. The number of nitrogens with one attached hydrogen (secondary N) is 1. The highest BCUT2D eigenvalue weighted by Crippen LogP contribution is 2.39. The molecule has 32 heavy (non-hydrogen) atoms. The van der Waals surface area contributed by atoms with Crippen molar-refractivity contribution in [2.24, 2.45) is 5.73 Å². The van der Waals surface area contributed by atoms with Crippen molar-refractivity contribution in [2.75, 3.05) is 36.4 Å². The number of hydrogen-bond donors (Lipinski definition) is 2. The molecule has 4 rings (SSSR count). The number of amides is 2. The van der Waals surface area contributed by atoms with Crippen LogP contribution >= 0.6 is 11.3 Å². The average Bonchev–Trinajstić information content (AvgIpc) is 3.33. The highest BCUT2D eigenvalue weighted by molar-refractivity contribution is 7.17. The summed E-state index contributed by atoms with van der Waals surface area (Å²) >= 11 is 1.42. The number of carbonyl (C=O) groups is 2. The molecule has 1 aliphatic carbocycles. The number of benzene rings is 1. The molecule has 2 amide bonds. The molecule has 6 nitrogen and oxygen atoms in total. The Balaban J connectivity index is 1.38. The maximum atomic E-state index is 13.0. The first-order chi connectivity index (χ1) is 15.1. The Labute approximate surface area is 188 Å². The van der Waals surface area contributed by atoms with Gasteiger partial charge in [-0.25, -0.2) is 0 Å². The average molecular weight is 467 g/mol. The molecule has 1 saturated heterocycles. The van der Waals surface area contributed by atoms with Crippen molar-refractivity contribution in [1.82, 2.24) is 4.90 Å². The summed E-state index contributed by atoms with van der Waals surface area (Å²) in [6.45, 7) is 3.89. The van der Waals surface area contributed by atoms with Crippen LogP contribution in [0.5, 0.6) is 0 Å². The molecule has 10 heteroatoms. The van der Waals surface area contributed by atoms with E-state index in [-0.39, 0.29) is 5.91 Å². The third kappa shape index (κ3) is 4.47. The number of primary amides is 1. The molecule has 0 saturated carbocycles. The van der Waals surface area contributed by atoms with Gasteiger partial charge in [-0.3, -0.25) is 14.5 Å². The van der Waals surface area contributed by atoms with E-state index in [2.05, 4.69) is 5.32 Å². The normalized spacial score (nSPS) is 17.8. The van der Waals surface area contributed by atoms with Gasteiger partial charge in [-0.2, -0.15) is 13.2 Å². The number of thiophene rings is 1. The van der Waals surface area contributed by atoms with Gasteiger partial charge in [0.1, 0.15) is 5.00 Å². The lowest BCUT2D eigenvalue weighted by Crippen LogP contribution is -2.52. The zero-order valence-corrected chi connectivity index (χ0v) is 18.5. The molecule has 1 unspecified atom stereocenters. The molecule has 2 aromatic rings. The van der Waals surface area contributed by atoms with Gasteiger partial charge in [0.25, 0.3) is 5.91 Å². The number of nitrogens with two attached hydrogens (primary N) is 1. The summed E-state index contributed by atoms with van der Waals surface area (Å²) in [7, 11) is 0. The van der Waals surface area contributed by atoms with Crippen LogP contribution in [0.25, 0.3) is 0 Å². The van der Waals surface area contributed by atoms with Gasteiger partial charge < -0.3 is 16.0 Å². The van der Waals surface area contributed by atoms with E-state index in [4.69, 9.17) is 5.73 Å². The van der Waals surface area contributed by atoms with Crippen LogP contribution in [0.4, 0.5) is 23.9 Å². The van der Waals surface area contributed by atoms with Crippen LogP contribution < -0.4 is 16.0 Å². The van der Waals surface area contributed by atoms with E-state index in [0.29, 0.717) is 42.4 Å². The highest BCUT2D eigenvalue weighted by Gasteiger charge is 2.32. The van der Waals surface area contributed by atoms with Gasteiger partial charge in [0, 0.05) is 36.7 Å². The zero-order valence-electron chi connectivity index (χ0n) is 17.7. The Morgan fingerprint density at radius 1 is 1.16 bits per heavy atom. The second-order valence-corrected chi connectivity index (χ2v) is 9.27. The first kappa shape index (κ1) is 22.6. The molecule has 172 valence electrons. The second kappa shape index (κ2) is 8.74. The fourth-order valence-corrected chi connectivity index (χ4v) is 5.68. The molecule has 2 heterocycles. The van der Waals surface area contributed by atoms with E-state index in [1.807, 2.05) is 9.80 Å². The predicted octanol–water partition coefficient (Wildman–Crippen LogP) is 3.50. The van der Waals surface area contributed by atoms with Crippen LogP contribution in [0.1, 0.15) is 39.7 Å². The Morgan fingerprint density at radius 3 is 2.53 bits per heavy atom. The number of anilines is 2. The van der Waals surface area contributed by atoms with Crippen molar-refractivity contribution < 1.29 is 22.8 Å². The van der Waals surface area contributed by atoms with Gasteiger partial charge >= 0.3 is 6.18 Å². The van der Waals surface area contributed by atoms with Crippen LogP contribution in [0.2, 0.25) is 0 Å². The summed E-state index contributed by atoms with van der Waals surface area (Å²) < 4.78 is 39.0. The van der Waals surface area contributed by atoms with Crippen molar-refractivity contribution >= 4 is 33.8 Å². The van der Waals surface area contributed by atoms with Crippen LogP contribution in [-0.2, 0) is 23.8 Å². The molecule has 1 aromatic heterocycles. The van der Waals surface area contributed by atoms with E-state index < -0.39 is 23.7 Å². The molecule has 2 aliphatic rings. The van der Waals surface area contributed by atoms with Crippen molar-refractivity contribution in [1.29, 1.82) is 0 Å². The van der Waals surface area contributed by atoms with Crippen molar-refractivity contribution in [3.63, 3.8) is 0 Å². The van der Waals surface area contributed by atoms with Gasteiger partial charge in [-0.05, 0) is 49.9 Å². The summed E-state index contributed by atoms with van der Waals surface area (Å²) in [5.74, 6) is -0.748. The minimum atomic E-state index is -4.38. The summed E-state index contributed by atoms with van der Waals surface area (Å²) in [6.07, 6.45) is -1.70. The number of rotatable bonds is 5. The van der Waals surface area contributed by atoms with Gasteiger partial charge in [0.2, 0.25) is 5.91 Å². The zero-order chi connectivity index (χ0) is 23.0. The SMILES string of the molecule is CC(C(=O)Nc1sc2c(c1C(N)=O)CCC2)N1CCN(c2cccc(C(F)(F)F)c2)CC1. The maximum absolute atomic E-state index is 13.0. The van der Waals surface area contributed by atoms with Crippen LogP contribution in [0.15, 0.2) is 24.3 Å². The molecule has 1 fully saturated rings. The minimum absolute atomic E-state index is 0.222. The summed E-state index contributed by atoms with van der Waals surface area (Å²) in [4.78, 5) is 29.8. The maximum Gasteiger partial charge on any atom is 0.416 e. The Hall–Kier alpha value is -2.59. The summed E-state index contributed by atoms with van der Waals surface area (Å²) in [5.41, 5.74) is 6.81. The molecule has 0 radical (unpaired) electrons. The molecule has 1 aliphatic heterocycles. The summed E-state index contributed by atoms with van der Waals surface area (Å²) in [6, 6.07) is 4.86. The lowest BCUT2D eigenvalue weighted by molar-refractivity contribution is -0.137. The number of halogens is 3. The van der Waals surface area contributed by atoms with Crippen LogP contribution in [0.3, 0.4) is 0 Å². The lowest BCUT2D eigenvalue weighted by atomic mass is 10.1. The van der Waals surface area contributed by atoms with Gasteiger partial charge in [-0.15, -0.1) is 11.3 Å². The fraction of sp³-hybridized carbons (Fsp3) is 0.455. The number of aryl methyl sites for hydroxylation is 1. The third-order valence-electron chi connectivity index (χ3n) is 6.18. The van der Waals surface area contributed by atoms with Crippen molar-refractivity contribution in [3.05, 3.63) is 45.8 Å². The Kier molecular flexibility index (Phi) is 6.17. The number of carbonyl (C=O) groups excluding carboxylic acids is 2. The number of piperazine rings is 1. The third-order valence-corrected chi connectivity index (χ3v) is 7.39. The van der Waals surface area contributed by atoms with Gasteiger partial charge in [0.15, 0.2) is 0 Å². The fourth-order valence-electron chi connectivity index (χ4n) is 4.38.